The van der Waals surface area contributed by atoms with Gasteiger partial charge in [0.1, 0.15) is 5.82 Å². The topological polar surface area (TPSA) is 61.6 Å². The second-order valence-electron chi connectivity index (χ2n) is 4.06. The Bertz CT molecular complexity index is 662. The van der Waals surface area contributed by atoms with Crippen LogP contribution in [-0.4, -0.2) is 15.7 Å². The molecule has 1 aliphatic heterocycles. The van der Waals surface area contributed by atoms with E-state index in [-0.39, 0.29) is 0 Å². The fourth-order valence-corrected chi connectivity index (χ4v) is 3.17. The molecule has 0 atom stereocenters. The van der Waals surface area contributed by atoms with Crippen LogP contribution >= 0.6 is 24.4 Å². The molecule has 2 aromatic rings. The lowest BCUT2D eigenvalue weighted by atomic mass is 10.2. The Hall–Kier alpha value is -1.71. The van der Waals surface area contributed by atoms with Crippen molar-refractivity contribution in [3.05, 3.63) is 35.5 Å². The van der Waals surface area contributed by atoms with Gasteiger partial charge in [0, 0.05) is 17.9 Å². The number of fused-ring (bicyclic) bond motifs is 1. The third kappa shape index (κ3) is 2.53. The van der Waals surface area contributed by atoms with E-state index in [4.69, 9.17) is 5.26 Å². The van der Waals surface area contributed by atoms with Gasteiger partial charge in [0.2, 0.25) is 0 Å². The molecule has 0 aliphatic carbocycles. The van der Waals surface area contributed by atoms with E-state index in [0.717, 1.165) is 34.3 Å². The van der Waals surface area contributed by atoms with Crippen molar-refractivity contribution in [3.63, 3.8) is 0 Å². The van der Waals surface area contributed by atoms with Gasteiger partial charge in [-0.1, -0.05) is 0 Å². The second kappa shape index (κ2) is 5.11. The molecule has 1 aromatic heterocycles. The summed E-state index contributed by atoms with van der Waals surface area (Å²) in [6, 6.07) is 9.38. The van der Waals surface area contributed by atoms with E-state index >= 15 is 0 Å². The molecule has 1 aliphatic rings. The minimum atomic E-state index is 0.484. The van der Waals surface area contributed by atoms with Crippen LogP contribution in [0.25, 0.3) is 0 Å². The molecule has 0 unspecified atom stereocenters. The maximum absolute atomic E-state index is 8.78. The van der Waals surface area contributed by atoms with Crippen LogP contribution in [0.5, 0.6) is 0 Å². The molecular formula is C13H10N4S2. The summed E-state index contributed by atoms with van der Waals surface area (Å²) >= 11 is 5.99. The van der Waals surface area contributed by atoms with Crippen LogP contribution in [0.1, 0.15) is 11.3 Å². The van der Waals surface area contributed by atoms with Crippen LogP contribution in [0, 0.1) is 11.3 Å². The zero-order valence-corrected chi connectivity index (χ0v) is 11.6. The number of hydrogen-bond donors (Lipinski definition) is 2. The van der Waals surface area contributed by atoms with E-state index in [9.17, 15) is 0 Å². The summed E-state index contributed by atoms with van der Waals surface area (Å²) in [6.07, 6.45) is 0.956. The van der Waals surface area contributed by atoms with Gasteiger partial charge in [-0.3, -0.25) is 0 Å². The third-order valence-corrected chi connectivity index (χ3v) is 4.11. The highest BCUT2D eigenvalue weighted by molar-refractivity contribution is 7.99. The largest absolute Gasteiger partial charge is 0.339 e. The number of benzene rings is 1. The Kier molecular flexibility index (Phi) is 3.32. The van der Waals surface area contributed by atoms with E-state index in [1.165, 1.54) is 0 Å². The van der Waals surface area contributed by atoms with Crippen LogP contribution in [0.15, 0.2) is 34.3 Å². The minimum absolute atomic E-state index is 0.484. The Balaban J connectivity index is 1.93. The highest BCUT2D eigenvalue weighted by atomic mass is 32.2. The predicted octanol–water partition coefficient (Wildman–Crippen LogP) is 3.03. The third-order valence-electron chi connectivity index (χ3n) is 2.79. The average Bonchev–Trinajstić information content (AvgIpc) is 2.88. The summed E-state index contributed by atoms with van der Waals surface area (Å²) in [5, 5.41) is 12.5. The van der Waals surface area contributed by atoms with Gasteiger partial charge in [-0.05, 0) is 24.3 Å². The van der Waals surface area contributed by atoms with Crippen molar-refractivity contribution >= 4 is 35.9 Å². The average molecular weight is 286 g/mol. The smallest absolute Gasteiger partial charge is 0.186 e. The molecule has 3 rings (SSSR count). The van der Waals surface area contributed by atoms with Gasteiger partial charge in [0.25, 0.3) is 0 Å². The first-order valence-electron chi connectivity index (χ1n) is 5.76. The van der Waals surface area contributed by atoms with Crippen LogP contribution < -0.4 is 5.32 Å². The summed E-state index contributed by atoms with van der Waals surface area (Å²) in [6.45, 7) is 0. The van der Waals surface area contributed by atoms with Crippen molar-refractivity contribution in [2.24, 2.45) is 0 Å². The van der Waals surface area contributed by atoms with Gasteiger partial charge in [-0.25, -0.2) is 9.97 Å². The number of nitriles is 1. The zero-order valence-electron chi connectivity index (χ0n) is 9.92. The van der Waals surface area contributed by atoms with E-state index in [2.05, 4.69) is 34.0 Å². The van der Waals surface area contributed by atoms with Crippen molar-refractivity contribution in [2.45, 2.75) is 16.5 Å². The highest BCUT2D eigenvalue weighted by Gasteiger charge is 2.19. The minimum Gasteiger partial charge on any atom is -0.339 e. The standard InChI is InChI=1S/C13H10N4S2/c14-7-8-1-3-9(4-2-8)15-12-11-10(5-6-19-11)16-13(18)17-12/h1-4H,5-6H2,(H2,15,16,17,18). The molecule has 1 aromatic carbocycles. The maximum Gasteiger partial charge on any atom is 0.186 e. The zero-order chi connectivity index (χ0) is 13.2. The molecule has 1 N–H and O–H groups in total. The Morgan fingerprint density at radius 1 is 1.26 bits per heavy atom. The summed E-state index contributed by atoms with van der Waals surface area (Å²) in [5.74, 6) is 1.82. The molecule has 94 valence electrons. The van der Waals surface area contributed by atoms with E-state index in [0.29, 0.717) is 10.7 Å². The van der Waals surface area contributed by atoms with E-state index in [1.807, 2.05) is 12.1 Å². The van der Waals surface area contributed by atoms with E-state index in [1.54, 1.807) is 23.9 Å². The van der Waals surface area contributed by atoms with Crippen LogP contribution in [0.2, 0.25) is 0 Å². The van der Waals surface area contributed by atoms with Crippen LogP contribution in [-0.2, 0) is 6.42 Å². The van der Waals surface area contributed by atoms with Gasteiger partial charge in [0.05, 0.1) is 22.2 Å². The normalized spacial score (nSPS) is 12.8. The predicted molar refractivity (Wildman–Crippen MR) is 78.2 cm³/mol. The molecule has 0 amide bonds. The first-order valence-corrected chi connectivity index (χ1v) is 7.19. The number of rotatable bonds is 2. The molecule has 0 radical (unpaired) electrons. The van der Waals surface area contributed by atoms with Gasteiger partial charge >= 0.3 is 0 Å². The van der Waals surface area contributed by atoms with Crippen LogP contribution in [0.4, 0.5) is 11.5 Å². The number of thiol groups is 1. The second-order valence-corrected chi connectivity index (χ2v) is 5.57. The number of nitrogens with one attached hydrogen (secondary N) is 1. The quantitative estimate of drug-likeness (QED) is 0.656. The van der Waals surface area contributed by atoms with Crippen molar-refractivity contribution in [2.75, 3.05) is 11.1 Å². The van der Waals surface area contributed by atoms with Crippen molar-refractivity contribution in [3.8, 4) is 6.07 Å². The molecule has 19 heavy (non-hydrogen) atoms. The number of anilines is 2. The fraction of sp³-hybridized carbons (Fsp3) is 0.154. The van der Waals surface area contributed by atoms with Crippen LogP contribution in [0.3, 0.4) is 0 Å². The molecular weight excluding hydrogens is 276 g/mol. The van der Waals surface area contributed by atoms with Gasteiger partial charge in [-0.2, -0.15) is 5.26 Å². The fourth-order valence-electron chi connectivity index (χ4n) is 1.90. The van der Waals surface area contributed by atoms with Gasteiger partial charge in [0.15, 0.2) is 5.16 Å². The first-order chi connectivity index (χ1) is 9.26. The summed E-state index contributed by atoms with van der Waals surface area (Å²) in [4.78, 5) is 9.77. The van der Waals surface area contributed by atoms with Crippen molar-refractivity contribution < 1.29 is 0 Å². The molecule has 0 saturated carbocycles. The number of aryl methyl sites for hydroxylation is 1. The lowest BCUT2D eigenvalue weighted by molar-refractivity contribution is 0.877. The number of nitrogens with zero attached hydrogens (tertiary/aromatic N) is 3. The lowest BCUT2D eigenvalue weighted by Gasteiger charge is -2.10. The molecule has 0 bridgehead atoms. The summed E-state index contributed by atoms with van der Waals surface area (Å²) in [5.41, 5.74) is 2.60. The Morgan fingerprint density at radius 2 is 2.05 bits per heavy atom. The monoisotopic (exact) mass is 286 g/mol. The molecule has 0 saturated heterocycles. The molecule has 0 fully saturated rings. The SMILES string of the molecule is N#Cc1ccc(Nc2nc(S)nc3c2SCC3)cc1. The van der Waals surface area contributed by atoms with Crippen molar-refractivity contribution in [1.29, 1.82) is 5.26 Å². The number of hydrogen-bond acceptors (Lipinski definition) is 6. The molecule has 2 heterocycles. The lowest BCUT2D eigenvalue weighted by Crippen LogP contribution is -2.00. The van der Waals surface area contributed by atoms with Gasteiger partial charge < -0.3 is 5.32 Å². The Labute approximate surface area is 120 Å². The van der Waals surface area contributed by atoms with Gasteiger partial charge in [-0.15, -0.1) is 24.4 Å². The van der Waals surface area contributed by atoms with Crippen molar-refractivity contribution in [1.82, 2.24) is 9.97 Å². The highest BCUT2D eigenvalue weighted by Crippen LogP contribution is 2.36. The Morgan fingerprint density at radius 3 is 2.79 bits per heavy atom. The summed E-state index contributed by atoms with van der Waals surface area (Å²) in [7, 11) is 0. The van der Waals surface area contributed by atoms with E-state index < -0.39 is 0 Å². The number of thioether (sulfide) groups is 1. The molecule has 4 nitrogen and oxygen atoms in total. The maximum atomic E-state index is 8.78. The summed E-state index contributed by atoms with van der Waals surface area (Å²) < 4.78 is 0. The first kappa shape index (κ1) is 12.3. The molecule has 0 spiro atoms. The molecule has 6 heteroatoms. The number of aromatic nitrogens is 2.